The molecule has 70 heteroatoms. The number of anilines is 6. The van der Waals surface area contributed by atoms with Crippen LogP contribution in [0.25, 0.3) is 67.0 Å². The molecule has 55 nitrogen and oxygen atoms in total. The second-order valence-corrected chi connectivity index (χ2v) is 47.1. The third-order valence-electron chi connectivity index (χ3n) is 21.6. The van der Waals surface area contributed by atoms with Crippen LogP contribution < -0.4 is 51.1 Å². The Kier molecular flexibility index (Phi) is 25.5. The molecular weight excluding hydrogens is 2000 g/mol. The number of pyridine rings is 3. The van der Waals surface area contributed by atoms with Gasteiger partial charge in [0.05, 0.1) is 107 Å². The van der Waals surface area contributed by atoms with Gasteiger partial charge >= 0.3 is 40.4 Å². The first kappa shape index (κ1) is 93.4. The molecule has 12 unspecified atom stereocenters. The number of imidazole rings is 5. The molecule has 6 bridgehead atoms. The molecule has 27 atom stereocenters. The molecule has 0 aromatic carbocycles. The second-order valence-electron chi connectivity index (χ2n) is 30.3. The minimum atomic E-state index is -4.25. The van der Waals surface area contributed by atoms with E-state index < -0.39 is 206 Å². The van der Waals surface area contributed by atoms with Crippen molar-refractivity contribution in [1.82, 2.24) is 108 Å². The van der Waals surface area contributed by atoms with Gasteiger partial charge in [-0.3, -0.25) is 70.3 Å². The Morgan fingerprint density at radius 2 is 0.674 bits per heavy atom. The molecule has 708 valence electrons. The van der Waals surface area contributed by atoms with Crippen molar-refractivity contribution in [1.29, 1.82) is 0 Å². The van der Waals surface area contributed by atoms with Crippen molar-refractivity contribution < 1.29 is 125 Å². The van der Waals surface area contributed by atoms with Crippen LogP contribution in [0, 0.1) is 0 Å². The molecular formula is C62H71F3N28O27P6S6. The molecule has 20 N–H and O–H groups in total. The fourth-order valence-corrected chi connectivity index (χ4v) is 24.6. The molecule has 12 aromatic heterocycles. The van der Waals surface area contributed by atoms with E-state index in [0.29, 0.717) is 22.4 Å². The van der Waals surface area contributed by atoms with Crippen LogP contribution in [0.15, 0.2) is 82.8 Å². The summed E-state index contributed by atoms with van der Waals surface area (Å²) in [5.41, 5.74) is 35.9. The molecule has 12 aromatic rings. The first-order valence-electron chi connectivity index (χ1n) is 38.7. The summed E-state index contributed by atoms with van der Waals surface area (Å²) >= 11 is 30.3. The van der Waals surface area contributed by atoms with Gasteiger partial charge in [-0.15, -0.1) is 5.10 Å². The lowest BCUT2D eigenvalue weighted by Gasteiger charge is -2.27. The third-order valence-corrected chi connectivity index (χ3v) is 31.1. The molecule has 9 aliphatic heterocycles. The van der Waals surface area contributed by atoms with Gasteiger partial charge in [-0.2, -0.15) is 19.6 Å². The summed E-state index contributed by atoms with van der Waals surface area (Å²) in [7, 11) is 0. The molecule has 0 radical (unpaired) electrons. The number of hydrogen-bond acceptors (Lipinski definition) is 46. The zero-order chi connectivity index (χ0) is 92.9. The van der Waals surface area contributed by atoms with Crippen LogP contribution in [0.3, 0.4) is 0 Å². The van der Waals surface area contributed by atoms with Crippen LogP contribution in [0.1, 0.15) is 56.6 Å². The number of H-pyrrole nitrogens is 3. The lowest BCUT2D eigenvalue weighted by atomic mass is 10.1. The van der Waals surface area contributed by atoms with Crippen molar-refractivity contribution >= 4 is 214 Å². The maximum atomic E-state index is 16.0. The number of nitrogens with zero attached hydrogens (tertiary/aromatic N) is 19. The number of nitrogens with two attached hydrogens (primary N) is 6. The standard InChI is InChI=1S/2C21H24FN9O9P2S2.C20H23FN10O9P2S2/c2*22-12-15-11(38-20(12)30-6-26-13-9(23)1-2-25-16(13)30)5-36-41(33,43)39-10-3-8(4-35-42(34,44)40-15)37-19(10)31-7-27-14-17(31)28-21(24)29-18(14)32;21-11-14-10(38-19(11)31-15-12(28-29-31)8(22)1-2-24-15)5-36-41(33,43)39-9-3-7(4-35-42(34,44)40-14)37-18(9)30-6-25-13-16(30)26-20(23)27-17(13)32/h2*1-2,6-8,10-12,15,19-20H,3-5H2,(H2,23,25)(H,33,43)(H,34,44)(H3,24,28,29,32);1-2,6-7,9-11,14,18-19H,3-5H2,(H2,22,24)(H,33,43)(H,34,44)(H3,23,26,27,32)/t2*8-,10?,11+,12?,15-,19+,20+,41?,42?;7-,9?,10+,11?,14-,18+,19+,41?,42?/m000/s1. The van der Waals surface area contributed by atoms with Crippen LogP contribution in [0.2, 0.25) is 0 Å². The summed E-state index contributed by atoms with van der Waals surface area (Å²) in [6, 6.07) is 4.59. The monoisotopic (exact) mass is 2070 g/mol. The average Bonchev–Trinajstić information content (AvgIpc) is 1.64. The summed E-state index contributed by atoms with van der Waals surface area (Å²) in [6.45, 7) is -27.3. The Morgan fingerprint density at radius 1 is 0.371 bits per heavy atom. The summed E-state index contributed by atoms with van der Waals surface area (Å²) in [4.78, 5) is 145. The number of fused-ring (bicyclic) bond motifs is 15. The van der Waals surface area contributed by atoms with E-state index in [1.165, 1.54) is 79.1 Å². The Morgan fingerprint density at radius 3 is 1.05 bits per heavy atom. The van der Waals surface area contributed by atoms with E-state index in [4.69, 9.17) is 176 Å². The average molecular weight is 2080 g/mol. The second kappa shape index (κ2) is 36.0. The topological polar surface area (TPSA) is 736 Å². The van der Waals surface area contributed by atoms with Gasteiger partial charge in [-0.05, 0) is 77.2 Å². The maximum Gasteiger partial charge on any atom is 0.386 e. The van der Waals surface area contributed by atoms with E-state index in [1.54, 1.807) is 12.1 Å². The van der Waals surface area contributed by atoms with Gasteiger partial charge in [-0.1, -0.05) is 17.5 Å². The number of nitrogen functional groups attached to an aromatic ring is 6. The summed E-state index contributed by atoms with van der Waals surface area (Å²) in [6.07, 6.45) is -16.1. The van der Waals surface area contributed by atoms with Crippen molar-refractivity contribution in [2.24, 2.45) is 0 Å². The van der Waals surface area contributed by atoms with Crippen molar-refractivity contribution in [2.75, 3.05) is 74.0 Å². The molecule has 0 spiro atoms. The van der Waals surface area contributed by atoms with E-state index in [9.17, 15) is 43.4 Å². The Bertz CT molecular complexity index is 6380. The molecule has 21 heterocycles. The number of ether oxygens (including phenoxy) is 6. The van der Waals surface area contributed by atoms with E-state index >= 15 is 13.2 Å². The summed E-state index contributed by atoms with van der Waals surface area (Å²) in [5, 5.41) is 7.88. The molecule has 21 rings (SSSR count). The van der Waals surface area contributed by atoms with Crippen LogP contribution in [0.5, 0.6) is 0 Å². The maximum absolute atomic E-state index is 16.0. The van der Waals surface area contributed by atoms with E-state index in [-0.39, 0.29) is 119 Å². The van der Waals surface area contributed by atoms with Crippen LogP contribution in [-0.2, 0) is 146 Å². The van der Waals surface area contributed by atoms with E-state index in [0.717, 1.165) is 4.68 Å². The molecule has 9 fully saturated rings. The lowest BCUT2D eigenvalue weighted by Crippen LogP contribution is -2.34. The Hall–Kier alpha value is -7.66. The number of nitrogens with one attached hydrogen (secondary N) is 3. The number of halogens is 3. The minimum Gasteiger partial charge on any atom is -0.397 e. The van der Waals surface area contributed by atoms with Crippen LogP contribution in [0.4, 0.5) is 48.1 Å². The first-order valence-corrected chi connectivity index (χ1v) is 54.4. The van der Waals surface area contributed by atoms with E-state index in [1.807, 2.05) is 0 Å². The summed E-state index contributed by atoms with van der Waals surface area (Å²) in [5.74, 6) is -0.484. The fraction of sp³-hybridized carbons (Fsp3) is 0.484. The number of thiol groups is 1. The summed E-state index contributed by atoms with van der Waals surface area (Å²) < 4.78 is 173. The minimum absolute atomic E-state index is 0.0158. The van der Waals surface area contributed by atoms with Gasteiger partial charge in [0.2, 0.25) is 17.8 Å². The van der Waals surface area contributed by atoms with Crippen LogP contribution >= 0.6 is 52.6 Å². The third kappa shape index (κ3) is 18.7. The van der Waals surface area contributed by atoms with Gasteiger partial charge in [0.15, 0.2) is 112 Å². The fourth-order valence-electron chi connectivity index (χ4n) is 15.9. The number of aromatic nitrogens is 22. The SMILES string of the molecule is Nc1nc2c(ncn2[C@@H]2O[C@@H]3COP(=O)(S)O[C@@H]4C(F)[C@H](n5cnc6c(N)ccnc65)O[C@@H]4COP(O)(=S)OC2C3)c(=O)[nH]1.Nc1nc2c(ncn2[C@@H]2O[C@@H]3COP(O)(=S)O[C@@H]4C(F)[C@H](n5cnc6c(N)ccnc65)O[C@@H]4COP(O)(=S)OC2C3)c(=O)[nH]1.Nc1nc2c(ncn2[C@@H]2O[C@@H]3COP(O)(=S)O[C@@H]4C(F)[C@H](n5nnc6c(N)ccnc65)O[C@@H]4COP(O)(=S)OC2C3)c(=O)[nH]1. The highest BCUT2D eigenvalue weighted by Gasteiger charge is 2.57. The van der Waals surface area contributed by atoms with Crippen molar-refractivity contribution in [2.45, 2.75) is 148 Å². The van der Waals surface area contributed by atoms with Crippen molar-refractivity contribution in [3.05, 3.63) is 99.5 Å². The first-order chi connectivity index (χ1) is 62.7. The normalized spacial score (nSPS) is 36.6. The zero-order valence-corrected chi connectivity index (χ0v) is 76.7. The molecule has 9 saturated heterocycles. The molecule has 0 aliphatic carbocycles. The van der Waals surface area contributed by atoms with Gasteiger partial charge in [0, 0.05) is 37.9 Å². The highest BCUT2D eigenvalue weighted by Crippen LogP contribution is 2.61. The Balaban J connectivity index is 0.000000128. The quantitative estimate of drug-likeness (QED) is 0.0832. The number of aromatic amines is 3. The Labute approximate surface area is 763 Å². The lowest BCUT2D eigenvalue weighted by molar-refractivity contribution is -0.0616. The highest BCUT2D eigenvalue weighted by atomic mass is 32.7. The van der Waals surface area contributed by atoms with Gasteiger partial charge in [-0.25, -0.2) is 57.6 Å². The number of rotatable bonds is 6. The van der Waals surface area contributed by atoms with Crippen molar-refractivity contribution in [3.8, 4) is 0 Å². The van der Waals surface area contributed by atoms with Crippen molar-refractivity contribution in [3.63, 3.8) is 0 Å². The predicted molar refractivity (Wildman–Crippen MR) is 467 cm³/mol. The number of hydrogen-bond donors (Lipinski definition) is 15. The molecule has 132 heavy (non-hydrogen) atoms. The van der Waals surface area contributed by atoms with Gasteiger partial charge < -0.3 is 123 Å². The van der Waals surface area contributed by atoms with E-state index in [2.05, 4.69) is 92.3 Å². The van der Waals surface area contributed by atoms with Gasteiger partial charge in [0.25, 0.3) is 16.7 Å². The molecule has 9 aliphatic rings. The smallest absolute Gasteiger partial charge is 0.386 e. The highest BCUT2D eigenvalue weighted by molar-refractivity contribution is 8.44. The molecule has 0 saturated carbocycles. The predicted octanol–water partition coefficient (Wildman–Crippen LogP) is 1.72. The molecule has 0 amide bonds. The largest absolute Gasteiger partial charge is 0.397 e. The van der Waals surface area contributed by atoms with Crippen LogP contribution in [-0.4, -0.2) is 263 Å². The number of alkyl halides is 3. The zero-order valence-electron chi connectivity index (χ0n) is 66.3. The van der Waals surface area contributed by atoms with Gasteiger partial charge in [0.1, 0.15) is 66.0 Å².